The van der Waals surface area contributed by atoms with Gasteiger partial charge in [-0.25, -0.2) is 0 Å². The van der Waals surface area contributed by atoms with Gasteiger partial charge in [-0.2, -0.15) is 0 Å². The number of hydrogen-bond acceptors (Lipinski definition) is 5. The summed E-state index contributed by atoms with van der Waals surface area (Å²) in [5.41, 5.74) is 3.28. The Morgan fingerprint density at radius 3 is 2.79 bits per heavy atom. The molecule has 0 aliphatic rings. The maximum Gasteiger partial charge on any atom is 0.296 e. The van der Waals surface area contributed by atoms with Crippen molar-refractivity contribution in [1.29, 1.82) is 0 Å². The minimum atomic E-state index is -0.431. The first-order chi connectivity index (χ1) is 11.7. The Bertz CT molecular complexity index is 1020. The van der Waals surface area contributed by atoms with Crippen molar-refractivity contribution in [1.82, 2.24) is 19.8 Å². The van der Waals surface area contributed by atoms with Gasteiger partial charge in [-0.15, -0.1) is 10.2 Å². The van der Waals surface area contributed by atoms with Crippen molar-refractivity contribution in [2.24, 2.45) is 0 Å². The van der Waals surface area contributed by atoms with Crippen molar-refractivity contribution in [3.63, 3.8) is 0 Å². The second-order valence-electron chi connectivity index (χ2n) is 5.35. The van der Waals surface area contributed by atoms with Crippen molar-refractivity contribution in [2.45, 2.75) is 6.92 Å². The zero-order valence-electron chi connectivity index (χ0n) is 12.8. The lowest BCUT2D eigenvalue weighted by atomic mass is 10.1. The van der Waals surface area contributed by atoms with E-state index in [0.29, 0.717) is 17.3 Å². The molecule has 0 atom stereocenters. The number of nitrogens with one attached hydrogen (secondary N) is 1. The summed E-state index contributed by atoms with van der Waals surface area (Å²) in [7, 11) is 0. The molecule has 0 saturated heterocycles. The van der Waals surface area contributed by atoms with E-state index in [1.165, 1.54) is 0 Å². The molecule has 1 aromatic carbocycles. The Morgan fingerprint density at radius 1 is 1.12 bits per heavy atom. The molecule has 24 heavy (non-hydrogen) atoms. The number of aryl methyl sites for hydroxylation is 1. The molecule has 4 aromatic rings. The van der Waals surface area contributed by atoms with E-state index >= 15 is 0 Å². The van der Waals surface area contributed by atoms with Gasteiger partial charge in [-0.1, -0.05) is 41.1 Å². The Labute approximate surface area is 136 Å². The third-order valence-electron chi connectivity index (χ3n) is 3.62. The molecule has 7 heteroatoms. The minimum absolute atomic E-state index is 0.109. The zero-order valence-corrected chi connectivity index (χ0v) is 12.8. The van der Waals surface area contributed by atoms with Gasteiger partial charge in [-0.3, -0.25) is 14.5 Å². The molecule has 0 unspecified atom stereocenters. The Hall–Kier alpha value is -3.48. The van der Waals surface area contributed by atoms with Gasteiger partial charge in [-0.05, 0) is 19.1 Å². The lowest BCUT2D eigenvalue weighted by Crippen LogP contribution is -2.13. The first-order valence-electron chi connectivity index (χ1n) is 7.35. The van der Waals surface area contributed by atoms with E-state index in [9.17, 15) is 4.79 Å². The number of hydrogen-bond donors (Lipinski definition) is 1. The number of carbonyl (C=O) groups excluding carboxylic acids is 1. The van der Waals surface area contributed by atoms with Crippen molar-refractivity contribution in [3.8, 4) is 11.3 Å². The number of amides is 1. The summed E-state index contributed by atoms with van der Waals surface area (Å²) in [6, 6.07) is 14.9. The minimum Gasteiger partial charge on any atom is -0.350 e. The molecule has 118 valence electrons. The van der Waals surface area contributed by atoms with Crippen LogP contribution in [0.15, 0.2) is 59.3 Å². The summed E-state index contributed by atoms with van der Waals surface area (Å²) in [6.45, 7) is 2.01. The molecule has 7 nitrogen and oxygen atoms in total. The summed E-state index contributed by atoms with van der Waals surface area (Å²) in [5, 5.41) is 14.6. The fourth-order valence-corrected chi connectivity index (χ4v) is 2.33. The fraction of sp³-hybridized carbons (Fsp3) is 0.0588. The highest BCUT2D eigenvalue weighted by Gasteiger charge is 2.16. The number of anilines is 1. The molecule has 0 spiro atoms. The second kappa shape index (κ2) is 5.62. The predicted octanol–water partition coefficient (Wildman–Crippen LogP) is 2.95. The van der Waals surface area contributed by atoms with Gasteiger partial charge < -0.3 is 4.52 Å². The van der Waals surface area contributed by atoms with E-state index in [4.69, 9.17) is 4.52 Å². The zero-order chi connectivity index (χ0) is 16.5. The molecule has 0 radical (unpaired) electrons. The molecule has 4 rings (SSSR count). The molecule has 0 bridgehead atoms. The monoisotopic (exact) mass is 319 g/mol. The van der Waals surface area contributed by atoms with Crippen LogP contribution in [0.5, 0.6) is 0 Å². The van der Waals surface area contributed by atoms with Gasteiger partial charge >= 0.3 is 0 Å². The van der Waals surface area contributed by atoms with Crippen molar-refractivity contribution < 1.29 is 9.32 Å². The molecule has 0 fully saturated rings. The number of carbonyl (C=O) groups is 1. The number of nitrogens with zero attached hydrogens (tertiary/aromatic N) is 4. The van der Waals surface area contributed by atoms with Crippen LogP contribution in [-0.2, 0) is 0 Å². The maximum atomic E-state index is 12.3. The van der Waals surface area contributed by atoms with Gasteiger partial charge in [0.15, 0.2) is 5.65 Å². The highest BCUT2D eigenvalue weighted by molar-refractivity contribution is 6.01. The molecule has 0 saturated carbocycles. The van der Waals surface area contributed by atoms with Crippen LogP contribution in [0.4, 0.5) is 5.95 Å². The molecular formula is C17H13N5O2. The Morgan fingerprint density at radius 2 is 1.96 bits per heavy atom. The summed E-state index contributed by atoms with van der Waals surface area (Å²) in [4.78, 5) is 12.3. The Balaban J connectivity index is 1.58. The standard InChI is InChI=1S/C17H13N5O2/c1-11-5-7-12(8-6-11)13-10-14(24-21-13)16(23)18-17-20-19-15-4-2-3-9-22(15)17/h2-10H,1H3,(H,18,20,23). The van der Waals surface area contributed by atoms with Gasteiger partial charge in [0, 0.05) is 17.8 Å². The van der Waals surface area contributed by atoms with E-state index in [0.717, 1.165) is 11.1 Å². The lowest BCUT2D eigenvalue weighted by molar-refractivity contribution is 0.0987. The van der Waals surface area contributed by atoms with Crippen molar-refractivity contribution in [2.75, 3.05) is 5.32 Å². The van der Waals surface area contributed by atoms with Crippen LogP contribution in [0, 0.1) is 6.92 Å². The molecule has 0 aliphatic heterocycles. The first kappa shape index (κ1) is 14.1. The molecule has 3 heterocycles. The smallest absolute Gasteiger partial charge is 0.296 e. The average molecular weight is 319 g/mol. The Kier molecular flexibility index (Phi) is 3.31. The number of benzene rings is 1. The van der Waals surface area contributed by atoms with Crippen LogP contribution in [0.25, 0.3) is 16.9 Å². The normalized spacial score (nSPS) is 10.9. The number of rotatable bonds is 3. The van der Waals surface area contributed by atoms with Gasteiger partial charge in [0.25, 0.3) is 5.91 Å². The van der Waals surface area contributed by atoms with Crippen LogP contribution in [-0.4, -0.2) is 25.7 Å². The van der Waals surface area contributed by atoms with E-state index in [1.54, 1.807) is 22.7 Å². The van der Waals surface area contributed by atoms with Gasteiger partial charge in [0.1, 0.15) is 5.69 Å². The highest BCUT2D eigenvalue weighted by Crippen LogP contribution is 2.20. The predicted molar refractivity (Wildman–Crippen MR) is 87.6 cm³/mol. The summed E-state index contributed by atoms with van der Waals surface area (Å²) in [5.74, 6) is 0.00107. The van der Waals surface area contributed by atoms with E-state index in [1.807, 2.05) is 43.3 Å². The number of aromatic nitrogens is 4. The number of pyridine rings is 1. The van der Waals surface area contributed by atoms with Crippen LogP contribution >= 0.6 is 0 Å². The van der Waals surface area contributed by atoms with E-state index in [2.05, 4.69) is 20.7 Å². The topological polar surface area (TPSA) is 85.3 Å². The molecule has 0 aliphatic carbocycles. The van der Waals surface area contributed by atoms with Crippen molar-refractivity contribution in [3.05, 3.63) is 66.1 Å². The van der Waals surface area contributed by atoms with E-state index < -0.39 is 5.91 Å². The van der Waals surface area contributed by atoms with Crippen LogP contribution in [0.2, 0.25) is 0 Å². The van der Waals surface area contributed by atoms with Crippen LogP contribution < -0.4 is 5.32 Å². The summed E-state index contributed by atoms with van der Waals surface area (Å²) >= 11 is 0. The first-order valence-corrected chi connectivity index (χ1v) is 7.35. The molecule has 3 aromatic heterocycles. The average Bonchev–Trinajstić information content (AvgIpc) is 3.23. The molecule has 1 amide bonds. The SMILES string of the molecule is Cc1ccc(-c2cc(C(=O)Nc3nnc4ccccn34)on2)cc1. The largest absolute Gasteiger partial charge is 0.350 e. The second-order valence-corrected chi connectivity index (χ2v) is 5.35. The lowest BCUT2D eigenvalue weighted by Gasteiger charge is -1.99. The van der Waals surface area contributed by atoms with Crippen LogP contribution in [0.1, 0.15) is 16.1 Å². The maximum absolute atomic E-state index is 12.3. The van der Waals surface area contributed by atoms with E-state index in [-0.39, 0.29) is 5.76 Å². The van der Waals surface area contributed by atoms with Crippen molar-refractivity contribution >= 4 is 17.5 Å². The highest BCUT2D eigenvalue weighted by atomic mass is 16.5. The molecule has 1 N–H and O–H groups in total. The third kappa shape index (κ3) is 2.52. The molecular weight excluding hydrogens is 306 g/mol. The fourth-order valence-electron chi connectivity index (χ4n) is 2.33. The third-order valence-corrected chi connectivity index (χ3v) is 3.62. The quantitative estimate of drug-likeness (QED) is 0.627. The van der Waals surface area contributed by atoms with Gasteiger partial charge in [0.2, 0.25) is 11.7 Å². The number of fused-ring (bicyclic) bond motifs is 1. The summed E-state index contributed by atoms with van der Waals surface area (Å²) in [6.07, 6.45) is 1.77. The summed E-state index contributed by atoms with van der Waals surface area (Å²) < 4.78 is 6.83. The van der Waals surface area contributed by atoms with Gasteiger partial charge in [0.05, 0.1) is 0 Å². The van der Waals surface area contributed by atoms with Crippen LogP contribution in [0.3, 0.4) is 0 Å².